The number of carbonyl (C=O) groups is 2. The fourth-order valence-electron chi connectivity index (χ4n) is 1.45. The van der Waals surface area contributed by atoms with E-state index in [1.807, 2.05) is 0 Å². The van der Waals surface area contributed by atoms with Gasteiger partial charge in [0.15, 0.2) is 6.10 Å². The summed E-state index contributed by atoms with van der Waals surface area (Å²) in [6.45, 7) is 1.34. The van der Waals surface area contributed by atoms with Crippen molar-refractivity contribution in [2.45, 2.75) is 30.8 Å². The lowest BCUT2D eigenvalue weighted by molar-refractivity contribution is -0.153. The first-order valence-corrected chi connectivity index (χ1v) is 7.94. The summed E-state index contributed by atoms with van der Waals surface area (Å²) in [7, 11) is -3.75. The van der Waals surface area contributed by atoms with Crippen LogP contribution in [0.25, 0.3) is 0 Å². The molecule has 122 valence electrons. The summed E-state index contributed by atoms with van der Waals surface area (Å²) in [6, 6.07) is 4.36. The maximum Gasteiger partial charge on any atom is 0.306 e. The van der Waals surface area contributed by atoms with Gasteiger partial charge in [-0.2, -0.15) is 0 Å². The van der Waals surface area contributed by atoms with Gasteiger partial charge >= 0.3 is 5.97 Å². The second kappa shape index (κ2) is 7.85. The third-order valence-electron chi connectivity index (χ3n) is 2.68. The van der Waals surface area contributed by atoms with Gasteiger partial charge in [-0.05, 0) is 37.6 Å². The summed E-state index contributed by atoms with van der Waals surface area (Å²) in [4.78, 5) is 22.0. The Hall–Kier alpha value is -2.00. The highest BCUT2D eigenvalue weighted by molar-refractivity contribution is 7.89. The first-order chi connectivity index (χ1) is 10.2. The number of carbonyl (C=O) groups excluding carboxylic acids is 2. The SMILES string of the molecule is CC(OC(=O)CCCNS(=O)(=O)c1ccc(F)cc1)C(N)=O. The van der Waals surface area contributed by atoms with E-state index in [1.54, 1.807) is 0 Å². The number of ether oxygens (including phenoxy) is 1. The number of halogens is 1. The van der Waals surface area contributed by atoms with Gasteiger partial charge in [0, 0.05) is 13.0 Å². The van der Waals surface area contributed by atoms with Gasteiger partial charge in [0.1, 0.15) is 5.82 Å². The van der Waals surface area contributed by atoms with E-state index in [1.165, 1.54) is 6.92 Å². The quantitative estimate of drug-likeness (QED) is 0.525. The molecular formula is C13H17FN2O5S. The average molecular weight is 332 g/mol. The van der Waals surface area contributed by atoms with Crippen molar-refractivity contribution >= 4 is 21.9 Å². The number of benzene rings is 1. The van der Waals surface area contributed by atoms with Crippen molar-refractivity contribution in [2.75, 3.05) is 6.54 Å². The third kappa shape index (κ3) is 5.78. The Labute approximate surface area is 127 Å². The molecule has 0 aromatic heterocycles. The van der Waals surface area contributed by atoms with Gasteiger partial charge in [-0.15, -0.1) is 0 Å². The zero-order chi connectivity index (χ0) is 16.8. The summed E-state index contributed by atoms with van der Waals surface area (Å²) in [6.07, 6.45) is -0.905. The standard InChI is InChI=1S/C13H17FN2O5S/c1-9(13(15)18)21-12(17)3-2-8-16-22(19,20)11-6-4-10(14)5-7-11/h4-7,9,16H,2-3,8H2,1H3,(H2,15,18). The monoisotopic (exact) mass is 332 g/mol. The molecule has 22 heavy (non-hydrogen) atoms. The second-order valence-electron chi connectivity index (χ2n) is 4.49. The maximum atomic E-state index is 12.7. The molecule has 7 nitrogen and oxygen atoms in total. The lowest BCUT2D eigenvalue weighted by Gasteiger charge is -2.10. The van der Waals surface area contributed by atoms with E-state index in [2.05, 4.69) is 4.72 Å². The van der Waals surface area contributed by atoms with E-state index in [0.29, 0.717) is 0 Å². The number of rotatable bonds is 8. The van der Waals surface area contributed by atoms with E-state index in [-0.39, 0.29) is 24.3 Å². The van der Waals surface area contributed by atoms with Crippen LogP contribution in [0.2, 0.25) is 0 Å². The van der Waals surface area contributed by atoms with Crippen LogP contribution in [0, 0.1) is 5.82 Å². The van der Waals surface area contributed by atoms with E-state index >= 15 is 0 Å². The largest absolute Gasteiger partial charge is 0.453 e. The molecule has 0 spiro atoms. The van der Waals surface area contributed by atoms with Crippen molar-refractivity contribution in [3.63, 3.8) is 0 Å². The minimum atomic E-state index is -3.75. The van der Waals surface area contributed by atoms with Gasteiger partial charge in [0.05, 0.1) is 4.90 Å². The second-order valence-corrected chi connectivity index (χ2v) is 6.26. The van der Waals surface area contributed by atoms with Gasteiger partial charge in [-0.1, -0.05) is 0 Å². The van der Waals surface area contributed by atoms with Crippen molar-refractivity contribution in [3.8, 4) is 0 Å². The van der Waals surface area contributed by atoms with Crippen LogP contribution < -0.4 is 10.5 Å². The minimum absolute atomic E-state index is 0.000236. The molecule has 9 heteroatoms. The lowest BCUT2D eigenvalue weighted by Crippen LogP contribution is -2.31. The van der Waals surface area contributed by atoms with Crippen LogP contribution in [-0.4, -0.2) is 32.9 Å². The predicted octanol–water partition coefficient (Wildman–Crippen LogP) is 0.301. The molecule has 0 saturated heterocycles. The molecule has 1 aromatic carbocycles. The van der Waals surface area contributed by atoms with E-state index < -0.39 is 33.8 Å². The van der Waals surface area contributed by atoms with Crippen LogP contribution in [0.15, 0.2) is 29.2 Å². The van der Waals surface area contributed by atoms with Crippen LogP contribution in [0.5, 0.6) is 0 Å². The maximum absolute atomic E-state index is 12.7. The Bertz CT molecular complexity index is 630. The van der Waals surface area contributed by atoms with Crippen LogP contribution in [0.4, 0.5) is 4.39 Å². The summed E-state index contributed by atoms with van der Waals surface area (Å²) in [5.41, 5.74) is 4.94. The van der Waals surface area contributed by atoms with Gasteiger partial charge in [0.2, 0.25) is 10.0 Å². The van der Waals surface area contributed by atoms with Crippen molar-refractivity contribution in [3.05, 3.63) is 30.1 Å². The van der Waals surface area contributed by atoms with E-state index in [0.717, 1.165) is 24.3 Å². The molecular weight excluding hydrogens is 315 g/mol. The number of amides is 1. The highest BCUT2D eigenvalue weighted by Crippen LogP contribution is 2.09. The summed E-state index contributed by atoms with van der Waals surface area (Å²) in [5, 5.41) is 0. The molecule has 0 radical (unpaired) electrons. The average Bonchev–Trinajstić information content (AvgIpc) is 2.44. The molecule has 1 unspecified atom stereocenters. The predicted molar refractivity (Wildman–Crippen MR) is 75.6 cm³/mol. The van der Waals surface area contributed by atoms with E-state index in [4.69, 9.17) is 10.5 Å². The first-order valence-electron chi connectivity index (χ1n) is 6.46. The third-order valence-corrected chi connectivity index (χ3v) is 4.16. The Morgan fingerprint density at radius 1 is 1.32 bits per heavy atom. The number of hydrogen-bond acceptors (Lipinski definition) is 5. The molecule has 0 aliphatic carbocycles. The number of primary amides is 1. The fourth-order valence-corrected chi connectivity index (χ4v) is 2.52. The molecule has 0 aliphatic rings. The molecule has 0 bridgehead atoms. The minimum Gasteiger partial charge on any atom is -0.453 e. The normalized spacial score (nSPS) is 12.6. The molecule has 1 aromatic rings. The highest BCUT2D eigenvalue weighted by atomic mass is 32.2. The van der Waals surface area contributed by atoms with Crippen molar-refractivity contribution in [2.24, 2.45) is 5.73 Å². The summed E-state index contributed by atoms with van der Waals surface area (Å²) in [5.74, 6) is -1.94. The van der Waals surface area contributed by atoms with Crippen molar-refractivity contribution in [1.29, 1.82) is 0 Å². The van der Waals surface area contributed by atoms with Gasteiger partial charge < -0.3 is 10.5 Å². The van der Waals surface area contributed by atoms with Crippen LogP contribution in [0.1, 0.15) is 19.8 Å². The van der Waals surface area contributed by atoms with Gasteiger partial charge in [-0.25, -0.2) is 17.5 Å². The Morgan fingerprint density at radius 3 is 2.45 bits per heavy atom. The zero-order valence-electron chi connectivity index (χ0n) is 11.9. The molecule has 0 aliphatic heterocycles. The number of sulfonamides is 1. The molecule has 0 saturated carbocycles. The number of esters is 1. The highest BCUT2D eigenvalue weighted by Gasteiger charge is 2.16. The Balaban J connectivity index is 2.39. The Kier molecular flexibility index (Phi) is 6.44. The number of nitrogens with two attached hydrogens (primary N) is 1. The van der Waals surface area contributed by atoms with Crippen LogP contribution >= 0.6 is 0 Å². The summed E-state index contributed by atoms with van der Waals surface area (Å²) >= 11 is 0. The lowest BCUT2D eigenvalue weighted by atomic mass is 10.3. The number of hydrogen-bond donors (Lipinski definition) is 2. The van der Waals surface area contributed by atoms with Crippen molar-refractivity contribution < 1.29 is 27.1 Å². The zero-order valence-corrected chi connectivity index (χ0v) is 12.7. The summed E-state index contributed by atoms with van der Waals surface area (Å²) < 4.78 is 43.4. The van der Waals surface area contributed by atoms with Crippen LogP contribution in [-0.2, 0) is 24.3 Å². The molecule has 1 amide bonds. The molecule has 1 rings (SSSR count). The molecule has 0 heterocycles. The Morgan fingerprint density at radius 2 is 1.91 bits per heavy atom. The van der Waals surface area contributed by atoms with E-state index in [9.17, 15) is 22.4 Å². The first kappa shape index (κ1) is 18.1. The fraction of sp³-hybridized carbons (Fsp3) is 0.385. The molecule has 1 atom stereocenters. The van der Waals surface area contributed by atoms with Crippen molar-refractivity contribution in [1.82, 2.24) is 4.72 Å². The smallest absolute Gasteiger partial charge is 0.306 e. The number of nitrogens with one attached hydrogen (secondary N) is 1. The molecule has 0 fully saturated rings. The topological polar surface area (TPSA) is 116 Å². The van der Waals surface area contributed by atoms with Crippen LogP contribution in [0.3, 0.4) is 0 Å². The molecule has 3 N–H and O–H groups in total. The van der Waals surface area contributed by atoms with Gasteiger partial charge in [0.25, 0.3) is 5.91 Å². The van der Waals surface area contributed by atoms with Gasteiger partial charge in [-0.3, -0.25) is 9.59 Å².